The number of benzene rings is 1. The van der Waals surface area contributed by atoms with Gasteiger partial charge in [-0.3, -0.25) is 9.59 Å². The summed E-state index contributed by atoms with van der Waals surface area (Å²) in [5.41, 5.74) is 0.973. The number of aryl methyl sites for hydroxylation is 1. The highest BCUT2D eigenvalue weighted by atomic mass is 19.4. The van der Waals surface area contributed by atoms with Crippen LogP contribution in [-0.2, 0) is 9.53 Å². The van der Waals surface area contributed by atoms with Crippen molar-refractivity contribution in [2.45, 2.75) is 77.4 Å². The quantitative estimate of drug-likeness (QED) is 0.504. The molecule has 3 amide bonds. The first-order chi connectivity index (χ1) is 18.6. The van der Waals surface area contributed by atoms with Gasteiger partial charge in [0.25, 0.3) is 5.91 Å². The highest BCUT2D eigenvalue weighted by Gasteiger charge is 2.40. The first kappa shape index (κ1) is 30.7. The van der Waals surface area contributed by atoms with Crippen molar-refractivity contribution in [1.82, 2.24) is 20.5 Å². The summed E-state index contributed by atoms with van der Waals surface area (Å²) in [7, 11) is 0. The molecule has 2 aromatic rings. The Balaban J connectivity index is 1.67. The Labute approximate surface area is 231 Å². The van der Waals surface area contributed by atoms with Gasteiger partial charge in [-0.15, -0.1) is 0 Å². The first-order valence-corrected chi connectivity index (χ1v) is 13.0. The van der Waals surface area contributed by atoms with Gasteiger partial charge in [-0.1, -0.05) is 29.8 Å². The predicted molar refractivity (Wildman–Crippen MR) is 141 cm³/mol. The topological polar surface area (TPSA) is 110 Å². The van der Waals surface area contributed by atoms with E-state index in [1.54, 1.807) is 49.9 Å². The molecule has 1 saturated heterocycles. The van der Waals surface area contributed by atoms with Crippen LogP contribution in [0.5, 0.6) is 5.75 Å². The number of piperidine rings is 1. The van der Waals surface area contributed by atoms with E-state index in [-0.39, 0.29) is 17.5 Å². The molecule has 1 aliphatic rings. The fraction of sp³-hybridized carbons (Fsp3) is 0.500. The molecule has 0 bridgehead atoms. The van der Waals surface area contributed by atoms with Gasteiger partial charge in [0.15, 0.2) is 0 Å². The van der Waals surface area contributed by atoms with Crippen molar-refractivity contribution in [3.8, 4) is 5.75 Å². The van der Waals surface area contributed by atoms with Crippen molar-refractivity contribution in [3.05, 3.63) is 59.4 Å². The van der Waals surface area contributed by atoms with E-state index in [1.165, 1.54) is 25.3 Å². The Bertz CT molecular complexity index is 1180. The number of amides is 3. The number of carbonyl (C=O) groups is 3. The van der Waals surface area contributed by atoms with Gasteiger partial charge in [-0.25, -0.2) is 9.78 Å². The van der Waals surface area contributed by atoms with Crippen LogP contribution in [0.3, 0.4) is 0 Å². The Morgan fingerprint density at radius 3 is 2.33 bits per heavy atom. The maximum Gasteiger partial charge on any atom is 0.471 e. The number of hydrogen-bond donors (Lipinski definition) is 2. The molecule has 1 aliphatic heterocycles. The lowest BCUT2D eigenvalue weighted by Crippen LogP contribution is -2.50. The lowest BCUT2D eigenvalue weighted by atomic mass is 10.0. The predicted octanol–water partition coefficient (Wildman–Crippen LogP) is 4.71. The number of hydrogen-bond acceptors (Lipinski definition) is 6. The second kappa shape index (κ2) is 12.6. The minimum absolute atomic E-state index is 0.104. The summed E-state index contributed by atoms with van der Waals surface area (Å²) in [6.45, 7) is 9.48. The van der Waals surface area contributed by atoms with E-state index in [0.717, 1.165) is 5.56 Å². The van der Waals surface area contributed by atoms with E-state index >= 15 is 0 Å². The van der Waals surface area contributed by atoms with Gasteiger partial charge in [-0.2, -0.15) is 13.2 Å². The van der Waals surface area contributed by atoms with Crippen LogP contribution in [0.2, 0.25) is 0 Å². The van der Waals surface area contributed by atoms with E-state index in [1.807, 2.05) is 12.2 Å². The van der Waals surface area contributed by atoms with Crippen LogP contribution < -0.4 is 15.4 Å². The third-order valence-electron chi connectivity index (χ3n) is 6.12. The molecule has 3 atom stereocenters. The Kier molecular flexibility index (Phi) is 9.65. The van der Waals surface area contributed by atoms with Crippen molar-refractivity contribution in [2.24, 2.45) is 0 Å². The third kappa shape index (κ3) is 8.85. The van der Waals surface area contributed by atoms with Crippen LogP contribution in [0.15, 0.2) is 42.6 Å². The SMILES string of the molecule is Cc1ccc(C(Oc2ccc(C(=O)N[C@H]3CCCN(C(=O)OC(C)(C)C)C3)nc2)C(C)NC(=O)C(F)(F)F)cc1. The van der Waals surface area contributed by atoms with Crippen molar-refractivity contribution >= 4 is 17.9 Å². The normalized spacial score (nSPS) is 17.4. The average molecular weight is 565 g/mol. The minimum Gasteiger partial charge on any atom is -0.482 e. The molecular weight excluding hydrogens is 529 g/mol. The monoisotopic (exact) mass is 564 g/mol. The second-order valence-corrected chi connectivity index (χ2v) is 10.8. The zero-order valence-electron chi connectivity index (χ0n) is 23.2. The number of carbonyl (C=O) groups excluding carboxylic acids is 3. The third-order valence-corrected chi connectivity index (χ3v) is 6.12. The number of aromatic nitrogens is 1. The zero-order valence-corrected chi connectivity index (χ0v) is 23.2. The fourth-order valence-corrected chi connectivity index (χ4v) is 4.16. The maximum absolute atomic E-state index is 12.8. The summed E-state index contributed by atoms with van der Waals surface area (Å²) >= 11 is 0. The molecule has 1 aromatic heterocycles. The van der Waals surface area contributed by atoms with Crippen LogP contribution >= 0.6 is 0 Å². The van der Waals surface area contributed by atoms with Gasteiger partial charge >= 0.3 is 18.2 Å². The maximum atomic E-state index is 12.8. The number of alkyl halides is 3. The molecule has 1 aromatic carbocycles. The molecular formula is C28H35F3N4O5. The number of ether oxygens (including phenoxy) is 2. The lowest BCUT2D eigenvalue weighted by molar-refractivity contribution is -0.174. The fourth-order valence-electron chi connectivity index (χ4n) is 4.16. The Hall–Kier alpha value is -3.83. The van der Waals surface area contributed by atoms with Gasteiger partial charge in [0.1, 0.15) is 23.1 Å². The summed E-state index contributed by atoms with van der Waals surface area (Å²) < 4.78 is 49.9. The molecule has 2 N–H and O–H groups in total. The van der Waals surface area contributed by atoms with E-state index < -0.39 is 41.8 Å². The van der Waals surface area contributed by atoms with E-state index in [9.17, 15) is 27.6 Å². The number of nitrogens with zero attached hydrogens (tertiary/aromatic N) is 2. The number of rotatable bonds is 7. The molecule has 0 radical (unpaired) electrons. The lowest BCUT2D eigenvalue weighted by Gasteiger charge is -2.34. The van der Waals surface area contributed by atoms with E-state index in [0.29, 0.717) is 31.5 Å². The molecule has 2 unspecified atom stereocenters. The molecule has 2 heterocycles. The number of likely N-dealkylation sites (tertiary alicyclic amines) is 1. The number of halogens is 3. The Morgan fingerprint density at radius 1 is 1.07 bits per heavy atom. The average Bonchev–Trinajstić information content (AvgIpc) is 2.86. The van der Waals surface area contributed by atoms with E-state index in [2.05, 4.69) is 10.3 Å². The van der Waals surface area contributed by atoms with Crippen LogP contribution in [0.4, 0.5) is 18.0 Å². The standard InChI is InChI=1S/C28H35F3N4O5/c1-17-8-10-19(11-9-17)23(18(2)33-25(37)28(29,30)31)39-21-12-13-22(32-15-21)24(36)34-20-7-6-14-35(16-20)26(38)40-27(3,4)5/h8-13,15,18,20,23H,6-7,14,16H2,1-5H3,(H,33,37)(H,34,36)/t18?,20-,23?/m0/s1. The van der Waals surface area contributed by atoms with Crippen LogP contribution in [-0.4, -0.2) is 64.7 Å². The van der Waals surface area contributed by atoms with Crippen molar-refractivity contribution in [3.63, 3.8) is 0 Å². The van der Waals surface area contributed by atoms with E-state index in [4.69, 9.17) is 9.47 Å². The Morgan fingerprint density at radius 2 is 1.75 bits per heavy atom. The van der Waals surface area contributed by atoms with Gasteiger partial charge in [0.2, 0.25) is 0 Å². The number of pyridine rings is 1. The van der Waals surface area contributed by atoms with Crippen LogP contribution in [0, 0.1) is 6.92 Å². The zero-order chi connectivity index (χ0) is 29.7. The molecule has 40 heavy (non-hydrogen) atoms. The molecule has 0 saturated carbocycles. The molecule has 218 valence electrons. The summed E-state index contributed by atoms with van der Waals surface area (Å²) in [5, 5.41) is 4.82. The second-order valence-electron chi connectivity index (χ2n) is 10.8. The summed E-state index contributed by atoms with van der Waals surface area (Å²) in [5.74, 6) is -2.31. The highest BCUT2D eigenvalue weighted by molar-refractivity contribution is 5.92. The van der Waals surface area contributed by atoms with Gasteiger partial charge < -0.3 is 25.0 Å². The first-order valence-electron chi connectivity index (χ1n) is 13.0. The summed E-state index contributed by atoms with van der Waals surface area (Å²) in [6, 6.07) is 8.57. The van der Waals surface area contributed by atoms with Crippen LogP contribution in [0.25, 0.3) is 0 Å². The molecule has 12 heteroatoms. The summed E-state index contributed by atoms with van der Waals surface area (Å²) in [4.78, 5) is 42.5. The van der Waals surface area contributed by atoms with Gasteiger partial charge in [0.05, 0.1) is 12.2 Å². The molecule has 9 nitrogen and oxygen atoms in total. The van der Waals surface area contributed by atoms with Crippen molar-refractivity contribution in [2.75, 3.05) is 13.1 Å². The van der Waals surface area contributed by atoms with Crippen molar-refractivity contribution < 1.29 is 37.0 Å². The van der Waals surface area contributed by atoms with Crippen molar-refractivity contribution in [1.29, 1.82) is 0 Å². The highest BCUT2D eigenvalue weighted by Crippen LogP contribution is 2.26. The van der Waals surface area contributed by atoms with Crippen LogP contribution in [0.1, 0.15) is 68.3 Å². The largest absolute Gasteiger partial charge is 0.482 e. The molecule has 3 rings (SSSR count). The summed E-state index contributed by atoms with van der Waals surface area (Å²) in [6.07, 6.45) is -3.75. The molecule has 0 aliphatic carbocycles. The number of nitrogens with one attached hydrogen (secondary N) is 2. The van der Waals surface area contributed by atoms with Gasteiger partial charge in [0, 0.05) is 19.1 Å². The minimum atomic E-state index is -5.04. The smallest absolute Gasteiger partial charge is 0.471 e. The molecule has 0 spiro atoms. The molecule has 1 fully saturated rings. The van der Waals surface area contributed by atoms with Gasteiger partial charge in [-0.05, 0) is 65.2 Å².